The fourth-order valence-electron chi connectivity index (χ4n) is 2.40. The molecular weight excluding hydrogens is 216 g/mol. The van der Waals surface area contributed by atoms with Crippen molar-refractivity contribution in [2.45, 2.75) is 31.7 Å². The van der Waals surface area contributed by atoms with Crippen LogP contribution >= 0.6 is 0 Å². The van der Waals surface area contributed by atoms with Crippen molar-refractivity contribution >= 4 is 5.91 Å². The first-order valence-corrected chi connectivity index (χ1v) is 6.17. The molecule has 1 aliphatic rings. The third-order valence-corrected chi connectivity index (χ3v) is 3.34. The SMILES string of the molecule is Cn1cc(C(=O)NCC2CCCC(N)C2)cn1. The summed E-state index contributed by atoms with van der Waals surface area (Å²) in [5, 5.41) is 6.94. The van der Waals surface area contributed by atoms with Crippen LogP contribution in [0.3, 0.4) is 0 Å². The third-order valence-electron chi connectivity index (χ3n) is 3.34. The minimum Gasteiger partial charge on any atom is -0.352 e. The van der Waals surface area contributed by atoms with Crippen LogP contribution in [0.25, 0.3) is 0 Å². The quantitative estimate of drug-likeness (QED) is 0.810. The highest BCUT2D eigenvalue weighted by atomic mass is 16.1. The number of hydrogen-bond donors (Lipinski definition) is 2. The van der Waals surface area contributed by atoms with Gasteiger partial charge in [0.15, 0.2) is 0 Å². The second kappa shape index (κ2) is 5.31. The summed E-state index contributed by atoms with van der Waals surface area (Å²) in [6, 6.07) is 0.309. The molecule has 1 aromatic rings. The highest BCUT2D eigenvalue weighted by molar-refractivity contribution is 5.93. The summed E-state index contributed by atoms with van der Waals surface area (Å²) in [4.78, 5) is 11.8. The first-order chi connectivity index (χ1) is 8.15. The van der Waals surface area contributed by atoms with E-state index in [9.17, 15) is 4.79 Å². The van der Waals surface area contributed by atoms with Crippen LogP contribution < -0.4 is 11.1 Å². The molecule has 2 atom stereocenters. The summed E-state index contributed by atoms with van der Waals surface area (Å²) in [6.45, 7) is 0.724. The first-order valence-electron chi connectivity index (χ1n) is 6.17. The van der Waals surface area contributed by atoms with Gasteiger partial charge in [-0.3, -0.25) is 9.48 Å². The maximum absolute atomic E-state index is 11.8. The van der Waals surface area contributed by atoms with Gasteiger partial charge in [0.1, 0.15) is 0 Å². The van der Waals surface area contributed by atoms with Gasteiger partial charge in [-0.2, -0.15) is 5.10 Å². The van der Waals surface area contributed by atoms with Gasteiger partial charge >= 0.3 is 0 Å². The Labute approximate surface area is 101 Å². The molecule has 0 aromatic carbocycles. The standard InChI is InChI=1S/C12H20N4O/c1-16-8-10(7-15-16)12(17)14-6-9-3-2-4-11(13)5-9/h7-9,11H,2-6,13H2,1H3,(H,14,17). The van der Waals surface area contributed by atoms with Crippen LogP contribution in [-0.2, 0) is 7.05 Å². The monoisotopic (exact) mass is 236 g/mol. The van der Waals surface area contributed by atoms with E-state index in [2.05, 4.69) is 10.4 Å². The number of carbonyl (C=O) groups is 1. The predicted octanol–water partition coefficient (Wildman–Crippen LogP) is 0.667. The Morgan fingerprint density at radius 1 is 1.65 bits per heavy atom. The molecule has 0 aliphatic heterocycles. The lowest BCUT2D eigenvalue weighted by Crippen LogP contribution is -2.35. The predicted molar refractivity (Wildman–Crippen MR) is 65.5 cm³/mol. The van der Waals surface area contributed by atoms with Crippen molar-refractivity contribution in [2.75, 3.05) is 6.54 Å². The molecule has 0 radical (unpaired) electrons. The van der Waals surface area contributed by atoms with E-state index in [0.29, 0.717) is 17.5 Å². The maximum atomic E-state index is 11.8. The minimum absolute atomic E-state index is 0.0442. The minimum atomic E-state index is -0.0442. The van der Waals surface area contributed by atoms with Crippen molar-refractivity contribution < 1.29 is 4.79 Å². The second-order valence-corrected chi connectivity index (χ2v) is 4.91. The lowest BCUT2D eigenvalue weighted by atomic mass is 9.86. The van der Waals surface area contributed by atoms with Gasteiger partial charge in [0, 0.05) is 25.8 Å². The molecule has 0 spiro atoms. The van der Waals surface area contributed by atoms with Gasteiger partial charge in [-0.25, -0.2) is 0 Å². The highest BCUT2D eigenvalue weighted by Gasteiger charge is 2.19. The van der Waals surface area contributed by atoms with Crippen molar-refractivity contribution in [3.63, 3.8) is 0 Å². The second-order valence-electron chi connectivity index (χ2n) is 4.91. The lowest BCUT2D eigenvalue weighted by molar-refractivity contribution is 0.0942. The maximum Gasteiger partial charge on any atom is 0.254 e. The third kappa shape index (κ3) is 3.30. The fraction of sp³-hybridized carbons (Fsp3) is 0.667. The van der Waals surface area contributed by atoms with E-state index in [1.807, 2.05) is 0 Å². The zero-order valence-electron chi connectivity index (χ0n) is 10.2. The summed E-state index contributed by atoms with van der Waals surface area (Å²) in [5.74, 6) is 0.483. The van der Waals surface area contributed by atoms with Gasteiger partial charge in [-0.1, -0.05) is 6.42 Å². The van der Waals surface area contributed by atoms with Crippen LogP contribution in [0, 0.1) is 5.92 Å². The summed E-state index contributed by atoms with van der Waals surface area (Å²) < 4.78 is 1.63. The van der Waals surface area contributed by atoms with Crippen molar-refractivity contribution in [3.05, 3.63) is 18.0 Å². The van der Waals surface area contributed by atoms with E-state index in [-0.39, 0.29) is 5.91 Å². The lowest BCUT2D eigenvalue weighted by Gasteiger charge is -2.26. The van der Waals surface area contributed by atoms with Gasteiger partial charge in [-0.15, -0.1) is 0 Å². The number of carbonyl (C=O) groups excluding carboxylic acids is 1. The van der Waals surface area contributed by atoms with Gasteiger partial charge in [0.2, 0.25) is 0 Å². The van der Waals surface area contributed by atoms with Crippen LogP contribution in [0.5, 0.6) is 0 Å². The molecule has 0 bridgehead atoms. The number of aryl methyl sites for hydroxylation is 1. The molecule has 94 valence electrons. The molecule has 5 heteroatoms. The van der Waals surface area contributed by atoms with Crippen molar-refractivity contribution in [1.29, 1.82) is 0 Å². The molecular formula is C12H20N4O. The zero-order valence-corrected chi connectivity index (χ0v) is 10.2. The molecule has 3 N–H and O–H groups in total. The molecule has 1 aromatic heterocycles. The van der Waals surface area contributed by atoms with Gasteiger partial charge in [0.25, 0.3) is 5.91 Å². The Balaban J connectivity index is 1.80. The Hall–Kier alpha value is -1.36. The molecule has 1 fully saturated rings. The molecule has 1 aliphatic carbocycles. The zero-order chi connectivity index (χ0) is 12.3. The molecule has 17 heavy (non-hydrogen) atoms. The van der Waals surface area contributed by atoms with E-state index in [1.54, 1.807) is 24.1 Å². The Bertz CT molecular complexity index is 388. The van der Waals surface area contributed by atoms with E-state index < -0.39 is 0 Å². The number of nitrogens with zero attached hydrogens (tertiary/aromatic N) is 2. The number of nitrogens with one attached hydrogen (secondary N) is 1. The Kier molecular flexibility index (Phi) is 3.78. The van der Waals surface area contributed by atoms with Crippen molar-refractivity contribution in [1.82, 2.24) is 15.1 Å². The first kappa shape index (κ1) is 12.1. The van der Waals surface area contributed by atoms with Crippen LogP contribution in [0.1, 0.15) is 36.0 Å². The summed E-state index contributed by atoms with van der Waals surface area (Å²) in [7, 11) is 1.80. The van der Waals surface area contributed by atoms with E-state index in [4.69, 9.17) is 5.73 Å². The number of hydrogen-bond acceptors (Lipinski definition) is 3. The molecule has 1 saturated carbocycles. The summed E-state index contributed by atoms with van der Waals surface area (Å²) in [5.41, 5.74) is 6.54. The largest absolute Gasteiger partial charge is 0.352 e. The molecule has 5 nitrogen and oxygen atoms in total. The van der Waals surface area contributed by atoms with Crippen molar-refractivity contribution in [3.8, 4) is 0 Å². The summed E-state index contributed by atoms with van der Waals surface area (Å²) in [6.07, 6.45) is 7.79. The average molecular weight is 236 g/mol. The smallest absolute Gasteiger partial charge is 0.254 e. The van der Waals surface area contributed by atoms with Crippen LogP contribution in [0.2, 0.25) is 0 Å². The van der Waals surface area contributed by atoms with E-state index in [0.717, 1.165) is 19.4 Å². The van der Waals surface area contributed by atoms with Gasteiger partial charge < -0.3 is 11.1 Å². The van der Waals surface area contributed by atoms with E-state index >= 15 is 0 Å². The fourth-order valence-corrected chi connectivity index (χ4v) is 2.40. The molecule has 2 rings (SSSR count). The van der Waals surface area contributed by atoms with Crippen LogP contribution in [-0.4, -0.2) is 28.3 Å². The molecule has 2 unspecified atom stereocenters. The Morgan fingerprint density at radius 2 is 2.47 bits per heavy atom. The molecule has 1 heterocycles. The van der Waals surface area contributed by atoms with Gasteiger partial charge in [-0.05, 0) is 25.2 Å². The molecule has 1 amide bonds. The van der Waals surface area contributed by atoms with Crippen LogP contribution in [0.4, 0.5) is 0 Å². The van der Waals surface area contributed by atoms with Gasteiger partial charge in [0.05, 0.1) is 11.8 Å². The van der Waals surface area contributed by atoms with Crippen LogP contribution in [0.15, 0.2) is 12.4 Å². The average Bonchev–Trinajstić information content (AvgIpc) is 2.73. The molecule has 0 saturated heterocycles. The topological polar surface area (TPSA) is 72.9 Å². The number of amides is 1. The Morgan fingerprint density at radius 3 is 3.12 bits per heavy atom. The highest BCUT2D eigenvalue weighted by Crippen LogP contribution is 2.22. The summed E-state index contributed by atoms with van der Waals surface area (Å²) >= 11 is 0. The van der Waals surface area contributed by atoms with Crippen molar-refractivity contribution in [2.24, 2.45) is 18.7 Å². The number of aromatic nitrogens is 2. The normalized spacial score (nSPS) is 24.6. The van der Waals surface area contributed by atoms with E-state index in [1.165, 1.54) is 12.8 Å². The number of rotatable bonds is 3. The number of nitrogens with two attached hydrogens (primary N) is 1.